The summed E-state index contributed by atoms with van der Waals surface area (Å²) in [6.07, 6.45) is 0.488. The number of rotatable bonds is 9. The van der Waals surface area contributed by atoms with E-state index in [0.29, 0.717) is 37.6 Å². The van der Waals surface area contributed by atoms with Crippen LogP contribution in [-0.4, -0.2) is 45.2 Å². The molecule has 122 valence electrons. The summed E-state index contributed by atoms with van der Waals surface area (Å²) in [5.74, 6) is 1.52. The van der Waals surface area contributed by atoms with E-state index < -0.39 is 0 Å². The van der Waals surface area contributed by atoms with Gasteiger partial charge in [0.25, 0.3) is 0 Å². The summed E-state index contributed by atoms with van der Waals surface area (Å²) in [6.45, 7) is 7.52. The largest absolute Gasteiger partial charge is 0.493 e. The number of ether oxygens (including phenoxy) is 2. The molecule has 0 saturated carbocycles. The Labute approximate surface area is 132 Å². The molecule has 1 N–H and O–H groups in total. The lowest BCUT2D eigenvalue weighted by molar-refractivity contribution is -0.128. The van der Waals surface area contributed by atoms with Crippen LogP contribution in [0, 0.1) is 0 Å². The second-order valence-electron chi connectivity index (χ2n) is 5.45. The van der Waals surface area contributed by atoms with E-state index in [9.17, 15) is 4.79 Å². The van der Waals surface area contributed by atoms with Crippen molar-refractivity contribution in [1.82, 2.24) is 10.2 Å². The van der Waals surface area contributed by atoms with Gasteiger partial charge in [-0.15, -0.1) is 0 Å². The van der Waals surface area contributed by atoms with Gasteiger partial charge in [-0.2, -0.15) is 0 Å². The molecule has 5 heteroatoms. The molecule has 0 aromatic heterocycles. The maximum atomic E-state index is 11.5. The molecule has 0 radical (unpaired) electrons. The van der Waals surface area contributed by atoms with Crippen molar-refractivity contribution in [3.05, 3.63) is 35.9 Å². The summed E-state index contributed by atoms with van der Waals surface area (Å²) in [7, 11) is 5.14. The number of carbonyl (C=O) groups is 1. The number of methoxy groups -OCH3 is 1. The van der Waals surface area contributed by atoms with Crippen LogP contribution in [0.2, 0.25) is 0 Å². The minimum Gasteiger partial charge on any atom is -0.493 e. The first-order chi connectivity index (χ1) is 10.4. The van der Waals surface area contributed by atoms with E-state index in [4.69, 9.17) is 9.47 Å². The zero-order chi connectivity index (χ0) is 16.5. The van der Waals surface area contributed by atoms with Crippen molar-refractivity contribution in [1.29, 1.82) is 0 Å². The molecule has 0 heterocycles. The van der Waals surface area contributed by atoms with Gasteiger partial charge in [0.2, 0.25) is 5.91 Å². The van der Waals surface area contributed by atoms with E-state index in [-0.39, 0.29) is 5.91 Å². The average molecular weight is 306 g/mol. The van der Waals surface area contributed by atoms with Crippen molar-refractivity contribution in [3.63, 3.8) is 0 Å². The zero-order valence-corrected chi connectivity index (χ0v) is 13.9. The molecule has 0 atom stereocenters. The molecule has 0 fully saturated rings. The smallest absolute Gasteiger partial charge is 0.223 e. The van der Waals surface area contributed by atoms with Crippen LogP contribution in [0.4, 0.5) is 0 Å². The number of carbonyl (C=O) groups excluding carboxylic acids is 1. The molecule has 1 rings (SSSR count). The maximum absolute atomic E-state index is 11.5. The van der Waals surface area contributed by atoms with Gasteiger partial charge in [0.05, 0.1) is 7.11 Å². The molecule has 22 heavy (non-hydrogen) atoms. The molecule has 0 bridgehead atoms. The van der Waals surface area contributed by atoms with E-state index in [2.05, 4.69) is 11.9 Å². The van der Waals surface area contributed by atoms with Crippen LogP contribution in [0.1, 0.15) is 18.9 Å². The summed E-state index contributed by atoms with van der Waals surface area (Å²) in [5.41, 5.74) is 2.03. The van der Waals surface area contributed by atoms with Crippen LogP contribution in [0.25, 0.3) is 0 Å². The summed E-state index contributed by atoms with van der Waals surface area (Å²) in [6, 6.07) is 5.81. The highest BCUT2D eigenvalue weighted by atomic mass is 16.5. The van der Waals surface area contributed by atoms with Gasteiger partial charge in [0.1, 0.15) is 6.61 Å². The van der Waals surface area contributed by atoms with Crippen molar-refractivity contribution >= 4 is 5.91 Å². The third kappa shape index (κ3) is 6.18. The number of hydrogen-bond acceptors (Lipinski definition) is 4. The molecule has 1 aromatic rings. The molecule has 0 aliphatic rings. The highest BCUT2D eigenvalue weighted by Crippen LogP contribution is 2.28. The number of amides is 1. The molecular formula is C17H26N2O3. The lowest BCUT2D eigenvalue weighted by Crippen LogP contribution is -2.26. The summed E-state index contributed by atoms with van der Waals surface area (Å²) in [4.78, 5) is 13.1. The van der Waals surface area contributed by atoms with Crippen LogP contribution >= 0.6 is 0 Å². The van der Waals surface area contributed by atoms with Gasteiger partial charge in [0.15, 0.2) is 11.5 Å². The van der Waals surface area contributed by atoms with Crippen LogP contribution in [0.5, 0.6) is 11.5 Å². The average Bonchev–Trinajstić information content (AvgIpc) is 2.49. The van der Waals surface area contributed by atoms with Gasteiger partial charge in [0, 0.05) is 33.6 Å². The van der Waals surface area contributed by atoms with Gasteiger partial charge in [-0.05, 0) is 30.2 Å². The molecule has 1 amide bonds. The Balaban J connectivity index is 2.54. The molecule has 1 aromatic carbocycles. The Morgan fingerprint density at radius 1 is 1.32 bits per heavy atom. The van der Waals surface area contributed by atoms with E-state index >= 15 is 0 Å². The molecule has 5 nitrogen and oxygen atoms in total. The Morgan fingerprint density at radius 3 is 2.64 bits per heavy atom. The fourth-order valence-electron chi connectivity index (χ4n) is 1.80. The van der Waals surface area contributed by atoms with Gasteiger partial charge in [-0.3, -0.25) is 4.79 Å². The lowest BCUT2D eigenvalue weighted by atomic mass is 10.2. The second kappa shape index (κ2) is 9.10. The quantitative estimate of drug-likeness (QED) is 0.561. The molecule has 0 aliphatic heterocycles. The van der Waals surface area contributed by atoms with Crippen molar-refractivity contribution < 1.29 is 14.3 Å². The molecular weight excluding hydrogens is 280 g/mol. The standard InChI is InChI=1S/C17H26N2O3/c1-13(2)12-22-16-10-14(6-7-15(16)21-5)11-18-9-8-17(20)19(3)4/h6-7,10,18H,1,8-9,11-12H2,2-5H3. The highest BCUT2D eigenvalue weighted by Gasteiger charge is 2.07. The topological polar surface area (TPSA) is 50.8 Å². The van der Waals surface area contributed by atoms with E-state index in [1.54, 1.807) is 26.1 Å². The minimum absolute atomic E-state index is 0.118. The van der Waals surface area contributed by atoms with Gasteiger partial charge in [-0.1, -0.05) is 12.6 Å². The minimum atomic E-state index is 0.118. The number of hydrogen-bond donors (Lipinski definition) is 1. The van der Waals surface area contributed by atoms with Gasteiger partial charge in [-0.25, -0.2) is 0 Å². The Hall–Kier alpha value is -2.01. The van der Waals surface area contributed by atoms with E-state index in [0.717, 1.165) is 11.1 Å². The normalized spacial score (nSPS) is 10.2. The predicted octanol–water partition coefficient (Wildman–Crippen LogP) is 2.22. The fraction of sp³-hybridized carbons (Fsp3) is 0.471. The first kappa shape index (κ1) is 18.0. The maximum Gasteiger partial charge on any atom is 0.223 e. The molecule has 0 aliphatic carbocycles. The van der Waals surface area contributed by atoms with Crippen LogP contribution in [-0.2, 0) is 11.3 Å². The third-order valence-corrected chi connectivity index (χ3v) is 3.05. The second-order valence-corrected chi connectivity index (χ2v) is 5.45. The zero-order valence-electron chi connectivity index (χ0n) is 13.9. The Bertz CT molecular complexity index is 513. The number of benzene rings is 1. The van der Waals surface area contributed by atoms with Crippen LogP contribution in [0.3, 0.4) is 0 Å². The fourth-order valence-corrected chi connectivity index (χ4v) is 1.80. The Kier molecular flexibility index (Phi) is 7.46. The predicted molar refractivity (Wildman–Crippen MR) is 88.3 cm³/mol. The molecule has 0 saturated heterocycles. The van der Waals surface area contributed by atoms with Gasteiger partial charge >= 0.3 is 0 Å². The van der Waals surface area contributed by atoms with Crippen molar-refractivity contribution in [2.24, 2.45) is 0 Å². The van der Waals surface area contributed by atoms with E-state index in [1.165, 1.54) is 0 Å². The van der Waals surface area contributed by atoms with Crippen molar-refractivity contribution in [3.8, 4) is 11.5 Å². The van der Waals surface area contributed by atoms with Crippen molar-refractivity contribution in [2.45, 2.75) is 19.9 Å². The van der Waals surface area contributed by atoms with Crippen LogP contribution < -0.4 is 14.8 Å². The number of nitrogens with one attached hydrogen (secondary N) is 1. The third-order valence-electron chi connectivity index (χ3n) is 3.05. The summed E-state index contributed by atoms with van der Waals surface area (Å²) >= 11 is 0. The molecule has 0 spiro atoms. The molecule has 0 unspecified atom stereocenters. The summed E-state index contributed by atoms with van der Waals surface area (Å²) in [5, 5.41) is 3.26. The lowest BCUT2D eigenvalue weighted by Gasteiger charge is -2.13. The highest BCUT2D eigenvalue weighted by molar-refractivity contribution is 5.75. The summed E-state index contributed by atoms with van der Waals surface area (Å²) < 4.78 is 11.0. The van der Waals surface area contributed by atoms with Crippen LogP contribution in [0.15, 0.2) is 30.4 Å². The SMILES string of the molecule is C=C(C)COc1cc(CNCCC(=O)N(C)C)ccc1OC. The monoisotopic (exact) mass is 306 g/mol. The Morgan fingerprint density at radius 2 is 2.05 bits per heavy atom. The number of nitrogens with zero attached hydrogens (tertiary/aromatic N) is 1. The first-order valence-corrected chi connectivity index (χ1v) is 7.29. The van der Waals surface area contributed by atoms with Gasteiger partial charge < -0.3 is 19.7 Å². The van der Waals surface area contributed by atoms with Crippen molar-refractivity contribution in [2.75, 3.05) is 34.4 Å². The van der Waals surface area contributed by atoms with E-state index in [1.807, 2.05) is 25.1 Å². The first-order valence-electron chi connectivity index (χ1n) is 7.29.